The van der Waals surface area contributed by atoms with Crippen LogP contribution in [0.25, 0.3) is 0 Å². The molecule has 96 valence electrons. The largest absolute Gasteiger partial charge is 0.454 e. The topological polar surface area (TPSA) is 43.4 Å². The summed E-state index contributed by atoms with van der Waals surface area (Å²) in [5.74, 6) is 0.640. The van der Waals surface area contributed by atoms with Crippen molar-refractivity contribution in [1.82, 2.24) is 0 Å². The summed E-state index contributed by atoms with van der Waals surface area (Å²) in [6.45, 7) is 9.78. The Bertz CT molecular complexity index is 362. The van der Waals surface area contributed by atoms with Crippen LogP contribution < -0.4 is 0 Å². The fraction of sp³-hybridized carbons (Fsp3) is 0.857. The smallest absolute Gasteiger partial charge is 0.311 e. The Hall–Kier alpha value is -0.860. The van der Waals surface area contributed by atoms with Gasteiger partial charge in [0.05, 0.1) is 5.41 Å². The molecule has 0 aromatic carbocycles. The Labute approximate surface area is 103 Å². The molecule has 3 atom stereocenters. The van der Waals surface area contributed by atoms with Crippen molar-refractivity contribution in [2.75, 3.05) is 0 Å². The van der Waals surface area contributed by atoms with E-state index in [0.29, 0.717) is 12.3 Å². The minimum atomic E-state index is -0.535. The van der Waals surface area contributed by atoms with Crippen LogP contribution in [0.4, 0.5) is 0 Å². The fourth-order valence-corrected chi connectivity index (χ4v) is 3.01. The van der Waals surface area contributed by atoms with Gasteiger partial charge in [0, 0.05) is 12.3 Å². The molecule has 0 aromatic rings. The minimum Gasteiger partial charge on any atom is -0.454 e. The van der Waals surface area contributed by atoms with Crippen LogP contribution in [-0.2, 0) is 14.3 Å². The second kappa shape index (κ2) is 3.56. The molecule has 0 spiro atoms. The predicted octanol–water partition coefficient (Wildman–Crippen LogP) is 2.58. The third-order valence-corrected chi connectivity index (χ3v) is 4.33. The summed E-state index contributed by atoms with van der Waals surface area (Å²) in [6, 6.07) is 0. The van der Waals surface area contributed by atoms with Gasteiger partial charge in [0.15, 0.2) is 11.9 Å². The van der Waals surface area contributed by atoms with E-state index in [0.717, 1.165) is 6.42 Å². The van der Waals surface area contributed by atoms with Gasteiger partial charge in [0.2, 0.25) is 0 Å². The summed E-state index contributed by atoms with van der Waals surface area (Å²) in [5.41, 5.74) is -0.374. The van der Waals surface area contributed by atoms with Gasteiger partial charge in [-0.05, 0) is 38.5 Å². The maximum Gasteiger partial charge on any atom is 0.311 e. The average Bonchev–Trinajstić information content (AvgIpc) is 2.72. The number of Topliss-reactive ketones (excluding diaryl/α,β-unsaturated/α-hetero) is 1. The second-order valence-electron chi connectivity index (χ2n) is 7.03. The molecule has 2 aliphatic rings. The number of carbonyl (C=O) groups is 2. The van der Waals surface area contributed by atoms with E-state index in [-0.39, 0.29) is 23.1 Å². The minimum absolute atomic E-state index is 0.106. The molecule has 0 bridgehead atoms. The second-order valence-corrected chi connectivity index (χ2v) is 7.03. The van der Waals surface area contributed by atoms with Gasteiger partial charge in [0.25, 0.3) is 0 Å². The van der Waals surface area contributed by atoms with Crippen molar-refractivity contribution in [2.24, 2.45) is 22.7 Å². The number of ketones is 1. The molecule has 17 heavy (non-hydrogen) atoms. The first-order valence-electron chi connectivity index (χ1n) is 6.39. The molecular formula is C14H22O3. The first-order valence-corrected chi connectivity index (χ1v) is 6.39. The summed E-state index contributed by atoms with van der Waals surface area (Å²) >= 11 is 0. The number of rotatable bonds is 1. The molecule has 0 radical (unpaired) electrons. The molecule has 3 heteroatoms. The first kappa shape index (κ1) is 12.6. The molecule has 0 aliphatic heterocycles. The van der Waals surface area contributed by atoms with Crippen molar-refractivity contribution in [1.29, 1.82) is 0 Å². The van der Waals surface area contributed by atoms with Gasteiger partial charge in [-0.3, -0.25) is 9.59 Å². The van der Waals surface area contributed by atoms with Crippen LogP contribution in [0.2, 0.25) is 0 Å². The number of hydrogen-bond donors (Lipinski definition) is 0. The lowest BCUT2D eigenvalue weighted by atomic mass is 9.94. The standard InChI is InChI=1S/C14H22O3/c1-13(2,3)12(16)17-11-9(15)7-6-8-10(11)14(8,4)5/h8,10-11H,6-7H2,1-5H3/t8-,10+,11+/m0/s1. The Morgan fingerprint density at radius 2 is 1.94 bits per heavy atom. The molecule has 2 aliphatic carbocycles. The highest BCUT2D eigenvalue weighted by Crippen LogP contribution is 2.64. The summed E-state index contributed by atoms with van der Waals surface area (Å²) < 4.78 is 5.47. The highest BCUT2D eigenvalue weighted by atomic mass is 16.5. The Morgan fingerprint density at radius 3 is 2.47 bits per heavy atom. The van der Waals surface area contributed by atoms with E-state index in [1.54, 1.807) is 0 Å². The molecule has 0 saturated heterocycles. The molecule has 2 saturated carbocycles. The van der Waals surface area contributed by atoms with Crippen LogP contribution >= 0.6 is 0 Å². The lowest BCUT2D eigenvalue weighted by Gasteiger charge is -2.25. The number of esters is 1. The molecule has 0 aromatic heterocycles. The molecule has 0 N–H and O–H groups in total. The highest BCUT2D eigenvalue weighted by Gasteiger charge is 2.65. The zero-order chi connectivity index (χ0) is 13.0. The van der Waals surface area contributed by atoms with E-state index in [4.69, 9.17) is 4.74 Å². The fourth-order valence-electron chi connectivity index (χ4n) is 3.01. The van der Waals surface area contributed by atoms with E-state index in [2.05, 4.69) is 13.8 Å². The zero-order valence-electron chi connectivity index (χ0n) is 11.4. The van der Waals surface area contributed by atoms with Crippen LogP contribution in [-0.4, -0.2) is 17.9 Å². The average molecular weight is 238 g/mol. The van der Waals surface area contributed by atoms with Gasteiger partial charge in [-0.1, -0.05) is 13.8 Å². The van der Waals surface area contributed by atoms with Crippen molar-refractivity contribution in [3.05, 3.63) is 0 Å². The Morgan fingerprint density at radius 1 is 1.35 bits per heavy atom. The Kier molecular flexibility index (Phi) is 2.64. The van der Waals surface area contributed by atoms with Crippen molar-refractivity contribution < 1.29 is 14.3 Å². The van der Waals surface area contributed by atoms with Gasteiger partial charge in [-0.25, -0.2) is 0 Å². The summed E-state index contributed by atoms with van der Waals surface area (Å²) in [5, 5.41) is 0. The number of fused-ring (bicyclic) bond motifs is 1. The summed E-state index contributed by atoms with van der Waals surface area (Å²) in [4.78, 5) is 23.8. The zero-order valence-corrected chi connectivity index (χ0v) is 11.4. The SMILES string of the molecule is CC(C)(C)C(=O)O[C@@H]1C(=O)CC[C@H]2[C@H]1C2(C)C. The van der Waals surface area contributed by atoms with Crippen molar-refractivity contribution in [2.45, 2.75) is 53.6 Å². The summed E-state index contributed by atoms with van der Waals surface area (Å²) in [7, 11) is 0. The van der Waals surface area contributed by atoms with Gasteiger partial charge >= 0.3 is 5.97 Å². The number of ether oxygens (including phenoxy) is 1. The third-order valence-electron chi connectivity index (χ3n) is 4.33. The highest BCUT2D eigenvalue weighted by molar-refractivity contribution is 5.88. The molecule has 3 nitrogen and oxygen atoms in total. The normalized spacial score (nSPS) is 35.1. The molecule has 0 heterocycles. The molecule has 2 fully saturated rings. The van der Waals surface area contributed by atoms with Gasteiger partial charge in [-0.2, -0.15) is 0 Å². The molecule has 0 amide bonds. The van der Waals surface area contributed by atoms with Gasteiger partial charge in [-0.15, -0.1) is 0 Å². The van der Waals surface area contributed by atoms with E-state index in [1.807, 2.05) is 20.8 Å². The quantitative estimate of drug-likeness (QED) is 0.659. The van der Waals surface area contributed by atoms with Crippen LogP contribution in [0, 0.1) is 22.7 Å². The molecule has 0 unspecified atom stereocenters. The number of hydrogen-bond acceptors (Lipinski definition) is 3. The monoisotopic (exact) mass is 238 g/mol. The maximum absolute atomic E-state index is 11.9. The maximum atomic E-state index is 11.9. The lowest BCUT2D eigenvalue weighted by molar-refractivity contribution is -0.165. The predicted molar refractivity (Wildman–Crippen MR) is 64.3 cm³/mol. The first-order chi connectivity index (χ1) is 7.65. The number of carbonyl (C=O) groups excluding carboxylic acids is 2. The summed E-state index contributed by atoms with van der Waals surface area (Å²) in [6.07, 6.45) is 1.03. The van der Waals surface area contributed by atoms with Crippen LogP contribution in [0.1, 0.15) is 47.5 Å². The van der Waals surface area contributed by atoms with Gasteiger partial charge < -0.3 is 4.74 Å². The van der Waals surface area contributed by atoms with Gasteiger partial charge in [0.1, 0.15) is 0 Å². The van der Waals surface area contributed by atoms with E-state index < -0.39 is 11.5 Å². The lowest BCUT2D eigenvalue weighted by Crippen LogP contribution is -2.37. The van der Waals surface area contributed by atoms with Crippen molar-refractivity contribution in [3.8, 4) is 0 Å². The third kappa shape index (κ3) is 2.00. The van der Waals surface area contributed by atoms with E-state index in [1.165, 1.54) is 0 Å². The van der Waals surface area contributed by atoms with Crippen molar-refractivity contribution >= 4 is 11.8 Å². The molecular weight excluding hydrogens is 216 g/mol. The van der Waals surface area contributed by atoms with E-state index in [9.17, 15) is 9.59 Å². The van der Waals surface area contributed by atoms with Crippen LogP contribution in [0.15, 0.2) is 0 Å². The van der Waals surface area contributed by atoms with Crippen LogP contribution in [0.3, 0.4) is 0 Å². The molecule has 2 rings (SSSR count). The van der Waals surface area contributed by atoms with Crippen molar-refractivity contribution in [3.63, 3.8) is 0 Å². The van der Waals surface area contributed by atoms with E-state index >= 15 is 0 Å². The Balaban J connectivity index is 2.10. The van der Waals surface area contributed by atoms with Crippen LogP contribution in [0.5, 0.6) is 0 Å².